The van der Waals surface area contributed by atoms with Crippen molar-refractivity contribution in [2.24, 2.45) is 0 Å². The number of rotatable bonds is 6. The number of hydrogen-bond donors (Lipinski definition) is 1. The molecule has 1 aromatic heterocycles. The van der Waals surface area contributed by atoms with E-state index in [4.69, 9.17) is 11.6 Å². The molecule has 3 aromatic rings. The number of imidazole rings is 1. The second-order valence-corrected chi connectivity index (χ2v) is 8.63. The third kappa shape index (κ3) is 4.52. The normalized spacial score (nSPS) is 11.2. The number of benzene rings is 2. The number of halogens is 1. The minimum atomic E-state index is -3.40. The van der Waals surface area contributed by atoms with Crippen molar-refractivity contribution in [3.05, 3.63) is 77.3 Å². The van der Waals surface area contributed by atoms with Gasteiger partial charge in [-0.1, -0.05) is 23.7 Å². The van der Waals surface area contributed by atoms with E-state index in [1.807, 2.05) is 35.0 Å². The van der Waals surface area contributed by atoms with Gasteiger partial charge in [0.15, 0.2) is 0 Å². The van der Waals surface area contributed by atoms with E-state index in [0.29, 0.717) is 12.2 Å². The Bertz CT molecular complexity index is 1080. The van der Waals surface area contributed by atoms with Crippen molar-refractivity contribution in [2.45, 2.75) is 6.54 Å². The second kappa shape index (κ2) is 8.04. The maximum absolute atomic E-state index is 12.4. The van der Waals surface area contributed by atoms with Crippen LogP contribution in [0, 0.1) is 0 Å². The van der Waals surface area contributed by atoms with Gasteiger partial charge in [0.25, 0.3) is 5.91 Å². The first-order chi connectivity index (χ1) is 13.3. The molecule has 0 spiro atoms. The molecule has 3 rings (SSSR count). The zero-order valence-electron chi connectivity index (χ0n) is 15.3. The van der Waals surface area contributed by atoms with E-state index >= 15 is 0 Å². The van der Waals surface area contributed by atoms with Gasteiger partial charge in [-0.2, -0.15) is 0 Å². The fourth-order valence-electron chi connectivity index (χ4n) is 2.55. The predicted octanol–water partition coefficient (Wildman–Crippen LogP) is 2.85. The Hall–Kier alpha value is -2.84. The summed E-state index contributed by atoms with van der Waals surface area (Å²) in [5.74, 6) is -0.336. The first-order valence-electron chi connectivity index (χ1n) is 8.34. The fourth-order valence-corrected chi connectivity index (χ4v) is 3.31. The Balaban J connectivity index is 1.66. The van der Waals surface area contributed by atoms with Crippen LogP contribution in [0.2, 0.25) is 5.02 Å². The monoisotopic (exact) mass is 418 g/mol. The Morgan fingerprint density at radius 3 is 2.50 bits per heavy atom. The molecule has 0 aliphatic heterocycles. The fraction of sp³-hybridized carbons (Fsp3) is 0.158. The number of carbonyl (C=O) groups is 1. The van der Waals surface area contributed by atoms with Crippen LogP contribution in [0.4, 0.5) is 5.69 Å². The van der Waals surface area contributed by atoms with Crippen LogP contribution in [0.15, 0.2) is 61.2 Å². The van der Waals surface area contributed by atoms with Gasteiger partial charge in [-0.25, -0.2) is 13.4 Å². The van der Waals surface area contributed by atoms with E-state index in [1.54, 1.807) is 18.6 Å². The Labute approximate surface area is 168 Å². The lowest BCUT2D eigenvalue weighted by Gasteiger charge is -2.17. The van der Waals surface area contributed by atoms with Crippen LogP contribution >= 0.6 is 11.6 Å². The third-order valence-electron chi connectivity index (χ3n) is 4.25. The van der Waals surface area contributed by atoms with Crippen LogP contribution in [0.3, 0.4) is 0 Å². The van der Waals surface area contributed by atoms with Crippen molar-refractivity contribution < 1.29 is 13.2 Å². The van der Waals surface area contributed by atoms with E-state index in [9.17, 15) is 13.2 Å². The van der Waals surface area contributed by atoms with Crippen LogP contribution in [0.1, 0.15) is 15.9 Å². The molecule has 28 heavy (non-hydrogen) atoms. The smallest absolute Gasteiger partial charge is 0.253 e. The molecule has 0 unspecified atom stereocenters. The summed E-state index contributed by atoms with van der Waals surface area (Å²) in [4.78, 5) is 16.4. The highest BCUT2D eigenvalue weighted by Crippen LogP contribution is 2.24. The molecule has 0 aliphatic rings. The molecule has 0 radical (unpaired) electrons. The summed E-state index contributed by atoms with van der Waals surface area (Å²) in [6.45, 7) is 0.338. The quantitative estimate of drug-likeness (QED) is 0.667. The number of aromatic nitrogens is 2. The zero-order chi connectivity index (χ0) is 20.3. The highest BCUT2D eigenvalue weighted by molar-refractivity contribution is 7.92. The molecule has 146 valence electrons. The van der Waals surface area contributed by atoms with Crippen LogP contribution in [-0.2, 0) is 16.6 Å². The largest absolute Gasteiger partial charge is 0.348 e. The molecule has 2 aromatic carbocycles. The molecular weight excluding hydrogens is 400 g/mol. The van der Waals surface area contributed by atoms with Gasteiger partial charge >= 0.3 is 0 Å². The first kappa shape index (κ1) is 19.9. The molecule has 0 bridgehead atoms. The first-order valence-corrected chi connectivity index (χ1v) is 10.6. The Kier molecular flexibility index (Phi) is 5.71. The summed E-state index contributed by atoms with van der Waals surface area (Å²) in [5, 5.41) is 3.00. The van der Waals surface area contributed by atoms with Crippen molar-refractivity contribution in [3.63, 3.8) is 0 Å². The number of nitrogens with one attached hydrogen (secondary N) is 1. The third-order valence-corrected chi connectivity index (χ3v) is 5.77. The molecule has 1 amide bonds. The highest BCUT2D eigenvalue weighted by Gasteiger charge is 2.16. The molecule has 7 nitrogen and oxygen atoms in total. The van der Waals surface area contributed by atoms with Crippen molar-refractivity contribution in [2.75, 3.05) is 17.6 Å². The predicted molar refractivity (Wildman–Crippen MR) is 109 cm³/mol. The van der Waals surface area contributed by atoms with Crippen molar-refractivity contribution in [1.82, 2.24) is 14.9 Å². The van der Waals surface area contributed by atoms with Gasteiger partial charge < -0.3 is 9.88 Å². The van der Waals surface area contributed by atoms with E-state index in [2.05, 4.69) is 10.3 Å². The zero-order valence-corrected chi connectivity index (χ0v) is 16.9. The number of sulfonamides is 1. The summed E-state index contributed by atoms with van der Waals surface area (Å²) in [6.07, 6.45) is 6.36. The molecule has 0 saturated carbocycles. The maximum atomic E-state index is 12.4. The van der Waals surface area contributed by atoms with Crippen molar-refractivity contribution >= 4 is 33.2 Å². The van der Waals surface area contributed by atoms with Gasteiger partial charge in [-0.3, -0.25) is 9.10 Å². The highest BCUT2D eigenvalue weighted by atomic mass is 35.5. The average molecular weight is 419 g/mol. The van der Waals surface area contributed by atoms with Crippen LogP contribution in [-0.4, -0.2) is 37.2 Å². The standard InChI is InChI=1S/C19H19ClN4O3S/c1-23(28(2,26)27)16-7-8-17(18(20)11-16)19(25)22-12-14-3-5-15(6-4-14)24-10-9-21-13-24/h3-11,13H,12H2,1-2H3,(H,22,25). The minimum Gasteiger partial charge on any atom is -0.348 e. The molecular formula is C19H19ClN4O3S. The lowest BCUT2D eigenvalue weighted by molar-refractivity contribution is 0.0951. The summed E-state index contributed by atoms with van der Waals surface area (Å²) in [6, 6.07) is 12.2. The Morgan fingerprint density at radius 1 is 1.21 bits per heavy atom. The number of carbonyl (C=O) groups excluding carboxylic acids is 1. The maximum Gasteiger partial charge on any atom is 0.253 e. The second-order valence-electron chi connectivity index (χ2n) is 6.21. The number of hydrogen-bond acceptors (Lipinski definition) is 4. The van der Waals surface area contributed by atoms with Gasteiger partial charge in [0.05, 0.1) is 28.9 Å². The lowest BCUT2D eigenvalue weighted by Crippen LogP contribution is -2.26. The minimum absolute atomic E-state index is 0.181. The lowest BCUT2D eigenvalue weighted by atomic mass is 10.1. The van der Waals surface area contributed by atoms with E-state index in [0.717, 1.165) is 21.8 Å². The molecule has 0 fully saturated rings. The molecule has 0 atom stereocenters. The molecule has 9 heteroatoms. The van der Waals surface area contributed by atoms with Crippen molar-refractivity contribution in [1.29, 1.82) is 0 Å². The topological polar surface area (TPSA) is 84.3 Å². The molecule has 1 N–H and O–H groups in total. The number of nitrogens with zero attached hydrogens (tertiary/aromatic N) is 3. The summed E-state index contributed by atoms with van der Waals surface area (Å²) in [5.41, 5.74) is 2.57. The van der Waals surface area contributed by atoms with Crippen molar-refractivity contribution in [3.8, 4) is 5.69 Å². The van der Waals surface area contributed by atoms with Crippen LogP contribution in [0.25, 0.3) is 5.69 Å². The van der Waals surface area contributed by atoms with Gasteiger partial charge in [0, 0.05) is 31.7 Å². The van der Waals surface area contributed by atoms with E-state index in [1.165, 1.54) is 19.2 Å². The van der Waals surface area contributed by atoms with Gasteiger partial charge in [0.2, 0.25) is 10.0 Å². The Morgan fingerprint density at radius 2 is 1.93 bits per heavy atom. The molecule has 0 saturated heterocycles. The van der Waals surface area contributed by atoms with Gasteiger partial charge in [0.1, 0.15) is 0 Å². The van der Waals surface area contributed by atoms with Crippen LogP contribution < -0.4 is 9.62 Å². The summed E-state index contributed by atoms with van der Waals surface area (Å²) < 4.78 is 26.2. The van der Waals surface area contributed by atoms with Gasteiger partial charge in [-0.05, 0) is 35.9 Å². The SMILES string of the molecule is CN(c1ccc(C(=O)NCc2ccc(-n3ccnc3)cc2)c(Cl)c1)S(C)(=O)=O. The average Bonchev–Trinajstić information content (AvgIpc) is 3.20. The summed E-state index contributed by atoms with van der Waals surface area (Å²) >= 11 is 6.19. The molecule has 0 aliphatic carbocycles. The van der Waals surface area contributed by atoms with Gasteiger partial charge in [-0.15, -0.1) is 0 Å². The summed E-state index contributed by atoms with van der Waals surface area (Å²) in [7, 11) is -1.98. The number of anilines is 1. The van der Waals surface area contributed by atoms with Crippen LogP contribution in [0.5, 0.6) is 0 Å². The molecule has 1 heterocycles. The van der Waals surface area contributed by atoms with E-state index in [-0.39, 0.29) is 16.5 Å². The number of amides is 1. The van der Waals surface area contributed by atoms with E-state index < -0.39 is 10.0 Å².